The molecule has 0 radical (unpaired) electrons. The van der Waals surface area contributed by atoms with E-state index in [0.29, 0.717) is 18.4 Å². The molecule has 118 valence electrons. The summed E-state index contributed by atoms with van der Waals surface area (Å²) in [5.41, 5.74) is 0.0325. The second-order valence-corrected chi connectivity index (χ2v) is 6.23. The molecule has 1 rings (SSSR count). The lowest BCUT2D eigenvalue weighted by Crippen LogP contribution is -2.36. The number of rotatable bonds is 8. The predicted molar refractivity (Wildman–Crippen MR) is 83.7 cm³/mol. The second kappa shape index (κ2) is 9.22. The highest BCUT2D eigenvalue weighted by Crippen LogP contribution is 2.34. The summed E-state index contributed by atoms with van der Waals surface area (Å²) < 4.78 is 11.8. The van der Waals surface area contributed by atoms with Gasteiger partial charge in [-0.05, 0) is 32.1 Å². The van der Waals surface area contributed by atoms with Gasteiger partial charge in [-0.25, -0.2) is 0 Å². The molecule has 0 bridgehead atoms. The summed E-state index contributed by atoms with van der Waals surface area (Å²) in [5.74, 6) is 6.73. The fraction of sp³-hybridized carbons (Fsp3) is 0.938. The van der Waals surface area contributed by atoms with Crippen LogP contribution in [0, 0.1) is 5.92 Å². The van der Waals surface area contributed by atoms with E-state index in [1.165, 1.54) is 19.3 Å². The van der Waals surface area contributed by atoms with E-state index in [-0.39, 0.29) is 5.60 Å². The molecule has 0 spiro atoms. The highest BCUT2D eigenvalue weighted by molar-refractivity contribution is 5.75. The zero-order chi connectivity index (χ0) is 14.8. The third-order valence-corrected chi connectivity index (χ3v) is 4.12. The van der Waals surface area contributed by atoms with E-state index in [0.717, 1.165) is 38.7 Å². The molecule has 0 saturated heterocycles. The highest BCUT2D eigenvalue weighted by atomic mass is 16.5. The van der Waals surface area contributed by atoms with Gasteiger partial charge in [0.1, 0.15) is 0 Å². The average Bonchev–Trinajstić information content (AvgIpc) is 2.43. The van der Waals surface area contributed by atoms with Gasteiger partial charge in [0.2, 0.25) is 5.90 Å². The maximum Gasteiger partial charge on any atom is 0.205 e. The average molecular weight is 284 g/mol. The van der Waals surface area contributed by atoms with Gasteiger partial charge in [-0.3, -0.25) is 0 Å². The first-order chi connectivity index (χ1) is 9.62. The quantitative estimate of drug-likeness (QED) is 0.319. The molecule has 1 aliphatic carbocycles. The molecule has 4 nitrogen and oxygen atoms in total. The number of hydrogen-bond acceptors (Lipinski definition) is 4. The second-order valence-electron chi connectivity index (χ2n) is 6.23. The summed E-state index contributed by atoms with van der Waals surface area (Å²) in [5, 5.41) is 3.76. The molecule has 0 amide bonds. The topological polar surface area (TPSA) is 56.8 Å². The van der Waals surface area contributed by atoms with Crippen LogP contribution in [0.5, 0.6) is 0 Å². The molecule has 0 unspecified atom stereocenters. The van der Waals surface area contributed by atoms with Gasteiger partial charge in [-0.1, -0.05) is 33.1 Å². The summed E-state index contributed by atoms with van der Waals surface area (Å²) in [6.07, 6.45) is 9.02. The third kappa shape index (κ3) is 6.12. The molecule has 4 heteroatoms. The fourth-order valence-electron chi connectivity index (χ4n) is 2.91. The Morgan fingerprint density at radius 1 is 1.25 bits per heavy atom. The van der Waals surface area contributed by atoms with Crippen molar-refractivity contribution in [2.75, 3.05) is 13.2 Å². The van der Waals surface area contributed by atoms with Crippen LogP contribution in [0.4, 0.5) is 0 Å². The van der Waals surface area contributed by atoms with Crippen molar-refractivity contribution < 1.29 is 9.47 Å². The van der Waals surface area contributed by atoms with Crippen LogP contribution in [-0.2, 0) is 9.47 Å². The van der Waals surface area contributed by atoms with Crippen molar-refractivity contribution in [2.45, 2.75) is 77.7 Å². The van der Waals surface area contributed by atoms with Crippen LogP contribution in [0.1, 0.15) is 72.1 Å². The largest absolute Gasteiger partial charge is 0.480 e. The van der Waals surface area contributed by atoms with Gasteiger partial charge in [0.15, 0.2) is 0 Å². The van der Waals surface area contributed by atoms with Crippen LogP contribution in [0.15, 0.2) is 5.10 Å². The van der Waals surface area contributed by atoms with E-state index in [2.05, 4.69) is 25.9 Å². The molecule has 1 fully saturated rings. The van der Waals surface area contributed by atoms with E-state index in [1.54, 1.807) is 0 Å². The van der Waals surface area contributed by atoms with Gasteiger partial charge in [0, 0.05) is 19.4 Å². The van der Waals surface area contributed by atoms with E-state index in [4.69, 9.17) is 15.3 Å². The van der Waals surface area contributed by atoms with Crippen molar-refractivity contribution >= 4 is 5.90 Å². The number of ether oxygens (including phenoxy) is 2. The Kier molecular flexibility index (Phi) is 7.97. The molecule has 20 heavy (non-hydrogen) atoms. The Balaban J connectivity index is 2.35. The van der Waals surface area contributed by atoms with Gasteiger partial charge in [-0.15, -0.1) is 5.10 Å². The smallest absolute Gasteiger partial charge is 0.205 e. The van der Waals surface area contributed by atoms with Crippen LogP contribution in [0.25, 0.3) is 0 Å². The fourth-order valence-corrected chi connectivity index (χ4v) is 2.91. The van der Waals surface area contributed by atoms with Gasteiger partial charge in [-0.2, -0.15) is 0 Å². The summed E-state index contributed by atoms with van der Waals surface area (Å²) in [4.78, 5) is 0. The maximum atomic E-state index is 6.03. The first-order valence-corrected chi connectivity index (χ1v) is 8.15. The van der Waals surface area contributed by atoms with Crippen molar-refractivity contribution in [2.24, 2.45) is 16.9 Å². The predicted octanol–water partition coefficient (Wildman–Crippen LogP) is 3.84. The van der Waals surface area contributed by atoms with Crippen molar-refractivity contribution in [3.05, 3.63) is 0 Å². The number of hydrogen-bond donors (Lipinski definition) is 1. The Labute approximate surface area is 124 Å². The highest BCUT2D eigenvalue weighted by Gasteiger charge is 2.32. The molecule has 0 aromatic rings. The Morgan fingerprint density at radius 2 is 1.95 bits per heavy atom. The van der Waals surface area contributed by atoms with Crippen LogP contribution in [0.3, 0.4) is 0 Å². The lowest BCUT2D eigenvalue weighted by Gasteiger charge is -2.37. The van der Waals surface area contributed by atoms with Crippen LogP contribution in [-0.4, -0.2) is 24.7 Å². The molecule has 0 atom stereocenters. The van der Waals surface area contributed by atoms with E-state index < -0.39 is 0 Å². The molecule has 2 N–H and O–H groups in total. The minimum Gasteiger partial charge on any atom is -0.480 e. The van der Waals surface area contributed by atoms with Crippen LogP contribution in [0.2, 0.25) is 0 Å². The van der Waals surface area contributed by atoms with Gasteiger partial charge >= 0.3 is 0 Å². The summed E-state index contributed by atoms with van der Waals surface area (Å²) in [6.45, 7) is 7.91. The van der Waals surface area contributed by atoms with Crippen LogP contribution >= 0.6 is 0 Å². The van der Waals surface area contributed by atoms with Crippen LogP contribution < -0.4 is 5.84 Å². The number of nitrogens with zero attached hydrogens (tertiary/aromatic N) is 1. The zero-order valence-corrected chi connectivity index (χ0v) is 13.5. The minimum absolute atomic E-state index is 0.0325. The molecule has 0 heterocycles. The summed E-state index contributed by atoms with van der Waals surface area (Å²) in [6, 6.07) is 0. The number of hydrazone groups is 1. The van der Waals surface area contributed by atoms with Crippen molar-refractivity contribution in [1.29, 1.82) is 0 Å². The molecular formula is C16H32N2O2. The normalized spacial score (nSPS) is 19.3. The van der Waals surface area contributed by atoms with E-state index in [1.807, 2.05) is 0 Å². The Bertz CT molecular complexity index is 279. The number of nitrogens with two attached hydrogens (primary N) is 1. The molecule has 0 aromatic carbocycles. The minimum atomic E-state index is 0.0325. The molecule has 1 saturated carbocycles. The van der Waals surface area contributed by atoms with Gasteiger partial charge < -0.3 is 15.3 Å². The third-order valence-electron chi connectivity index (χ3n) is 4.12. The Hall–Kier alpha value is -0.770. The van der Waals surface area contributed by atoms with Gasteiger partial charge in [0.05, 0.1) is 12.2 Å². The Morgan fingerprint density at radius 3 is 2.50 bits per heavy atom. The lowest BCUT2D eigenvalue weighted by atomic mass is 9.82. The molecule has 0 aliphatic heterocycles. The molecule has 1 aliphatic rings. The first-order valence-electron chi connectivity index (χ1n) is 8.15. The monoisotopic (exact) mass is 284 g/mol. The SMILES string of the molecule is CCOC1(CCOC(CCC(C)C)=NN)CCCCC1. The first kappa shape index (κ1) is 17.3. The van der Waals surface area contributed by atoms with Crippen molar-refractivity contribution in [1.82, 2.24) is 0 Å². The standard InChI is InChI=1S/C16H32N2O2/c1-4-20-16(10-6-5-7-11-16)12-13-19-15(18-17)9-8-14(2)3/h14H,4-13,17H2,1-3H3. The molecule has 0 aromatic heterocycles. The van der Waals surface area contributed by atoms with E-state index >= 15 is 0 Å². The summed E-state index contributed by atoms with van der Waals surface area (Å²) in [7, 11) is 0. The zero-order valence-electron chi connectivity index (χ0n) is 13.5. The maximum absolute atomic E-state index is 6.03. The van der Waals surface area contributed by atoms with Crippen molar-refractivity contribution in [3.8, 4) is 0 Å². The van der Waals surface area contributed by atoms with Crippen molar-refractivity contribution in [3.63, 3.8) is 0 Å². The molecular weight excluding hydrogens is 252 g/mol. The van der Waals surface area contributed by atoms with E-state index in [9.17, 15) is 0 Å². The lowest BCUT2D eigenvalue weighted by molar-refractivity contribution is -0.0769. The van der Waals surface area contributed by atoms with Gasteiger partial charge in [0.25, 0.3) is 0 Å². The summed E-state index contributed by atoms with van der Waals surface area (Å²) >= 11 is 0.